The fourth-order valence-electron chi connectivity index (χ4n) is 2.39. The highest BCUT2D eigenvalue weighted by molar-refractivity contribution is 5.80. The molecule has 2 aromatic rings. The summed E-state index contributed by atoms with van der Waals surface area (Å²) in [7, 11) is 0. The molecule has 0 spiro atoms. The van der Waals surface area contributed by atoms with Gasteiger partial charge >= 0.3 is 0 Å². The van der Waals surface area contributed by atoms with Gasteiger partial charge in [0.2, 0.25) is 5.91 Å². The second kappa shape index (κ2) is 6.12. The van der Waals surface area contributed by atoms with Crippen LogP contribution in [0.15, 0.2) is 29.1 Å². The molecule has 0 saturated carbocycles. The molecule has 1 N–H and O–H groups in total. The molecule has 0 unspecified atom stereocenters. The van der Waals surface area contributed by atoms with Gasteiger partial charge in [-0.05, 0) is 36.9 Å². The van der Waals surface area contributed by atoms with Gasteiger partial charge in [-0.15, -0.1) is 0 Å². The Morgan fingerprint density at radius 3 is 2.62 bits per heavy atom. The molecular formula is C17H22N2O2. The number of carbonyl (C=O) groups is 1. The number of nitrogens with one attached hydrogen (secondary N) is 1. The molecule has 0 saturated heterocycles. The summed E-state index contributed by atoms with van der Waals surface area (Å²) in [5.41, 5.74) is 2.45. The molecule has 4 heteroatoms. The third-order valence-electron chi connectivity index (χ3n) is 3.63. The van der Waals surface area contributed by atoms with Crippen molar-refractivity contribution >= 4 is 16.8 Å². The molecule has 0 aliphatic rings. The number of carbonyl (C=O) groups excluding carboxylic acids is 1. The van der Waals surface area contributed by atoms with Crippen LogP contribution in [-0.2, 0) is 11.3 Å². The lowest BCUT2D eigenvalue weighted by Gasteiger charge is -2.22. The number of aromatic nitrogens is 1. The number of fused-ring (bicyclic) bond motifs is 1. The SMILES string of the molecule is CCN(Cc1cc2ccc(C)cc2[nH]c1=O)C(=O)C(C)C. The number of hydrogen-bond acceptors (Lipinski definition) is 2. The molecule has 2 rings (SSSR count). The van der Waals surface area contributed by atoms with Gasteiger partial charge in [-0.25, -0.2) is 0 Å². The molecule has 1 aromatic heterocycles. The van der Waals surface area contributed by atoms with E-state index in [9.17, 15) is 9.59 Å². The minimum atomic E-state index is -0.122. The van der Waals surface area contributed by atoms with Crippen molar-refractivity contribution in [1.82, 2.24) is 9.88 Å². The number of rotatable bonds is 4. The summed E-state index contributed by atoms with van der Waals surface area (Å²) in [5, 5.41) is 0.989. The summed E-state index contributed by atoms with van der Waals surface area (Å²) in [6.45, 7) is 8.62. The molecule has 4 nitrogen and oxygen atoms in total. The van der Waals surface area contributed by atoms with Crippen molar-refractivity contribution in [2.45, 2.75) is 34.2 Å². The minimum Gasteiger partial charge on any atom is -0.338 e. The van der Waals surface area contributed by atoms with Crippen molar-refractivity contribution in [2.24, 2.45) is 5.92 Å². The molecule has 0 radical (unpaired) electrons. The molecule has 21 heavy (non-hydrogen) atoms. The van der Waals surface area contributed by atoms with E-state index in [0.29, 0.717) is 18.7 Å². The number of pyridine rings is 1. The molecule has 0 aliphatic heterocycles. The van der Waals surface area contributed by atoms with E-state index in [4.69, 9.17) is 0 Å². The van der Waals surface area contributed by atoms with Gasteiger partial charge < -0.3 is 9.88 Å². The summed E-state index contributed by atoms with van der Waals surface area (Å²) in [5.74, 6) is 0.00745. The number of aromatic amines is 1. The van der Waals surface area contributed by atoms with E-state index in [2.05, 4.69) is 4.98 Å². The maximum absolute atomic E-state index is 12.2. The molecule has 0 bridgehead atoms. The van der Waals surface area contributed by atoms with Gasteiger partial charge in [0.25, 0.3) is 5.56 Å². The van der Waals surface area contributed by atoms with Gasteiger partial charge in [0.1, 0.15) is 0 Å². The van der Waals surface area contributed by atoms with Crippen molar-refractivity contribution < 1.29 is 4.79 Å². The van der Waals surface area contributed by atoms with Gasteiger partial charge in [-0.2, -0.15) is 0 Å². The van der Waals surface area contributed by atoms with Gasteiger partial charge in [-0.1, -0.05) is 26.0 Å². The maximum atomic E-state index is 12.2. The fourth-order valence-corrected chi connectivity index (χ4v) is 2.39. The van der Waals surface area contributed by atoms with Crippen LogP contribution in [0.25, 0.3) is 10.9 Å². The Balaban J connectivity index is 2.38. The highest BCUT2D eigenvalue weighted by Crippen LogP contribution is 2.14. The van der Waals surface area contributed by atoms with Gasteiger partial charge in [0.05, 0.1) is 6.54 Å². The van der Waals surface area contributed by atoms with Gasteiger partial charge in [-0.3, -0.25) is 9.59 Å². The van der Waals surface area contributed by atoms with Crippen LogP contribution < -0.4 is 5.56 Å². The van der Waals surface area contributed by atoms with Crippen LogP contribution in [-0.4, -0.2) is 22.3 Å². The number of benzene rings is 1. The topological polar surface area (TPSA) is 53.2 Å². The summed E-state index contributed by atoms with van der Waals surface area (Å²) in [6, 6.07) is 7.84. The molecule has 1 aromatic carbocycles. The van der Waals surface area contributed by atoms with E-state index in [-0.39, 0.29) is 17.4 Å². The Morgan fingerprint density at radius 1 is 1.29 bits per heavy atom. The first kappa shape index (κ1) is 15.3. The molecule has 1 amide bonds. The molecule has 0 fully saturated rings. The van der Waals surface area contributed by atoms with E-state index < -0.39 is 0 Å². The van der Waals surface area contributed by atoms with Crippen LogP contribution in [0.2, 0.25) is 0 Å². The normalized spacial score (nSPS) is 11.1. The third kappa shape index (κ3) is 3.32. The van der Waals surface area contributed by atoms with Crippen LogP contribution in [0.3, 0.4) is 0 Å². The predicted molar refractivity (Wildman–Crippen MR) is 85.2 cm³/mol. The minimum absolute atomic E-state index is 0.0628. The quantitative estimate of drug-likeness (QED) is 0.939. The first-order chi connectivity index (χ1) is 9.92. The van der Waals surface area contributed by atoms with E-state index in [0.717, 1.165) is 16.5 Å². The zero-order valence-corrected chi connectivity index (χ0v) is 13.1. The molecule has 112 valence electrons. The first-order valence-corrected chi connectivity index (χ1v) is 7.33. The number of nitrogens with zero attached hydrogens (tertiary/aromatic N) is 1. The Hall–Kier alpha value is -2.10. The van der Waals surface area contributed by atoms with Gasteiger partial charge in [0, 0.05) is 23.5 Å². The smallest absolute Gasteiger partial charge is 0.253 e. The summed E-state index contributed by atoms with van der Waals surface area (Å²) in [4.78, 5) is 28.9. The second-order valence-corrected chi connectivity index (χ2v) is 5.72. The molecule has 0 atom stereocenters. The zero-order valence-electron chi connectivity index (χ0n) is 13.1. The number of amides is 1. The van der Waals surface area contributed by atoms with E-state index in [1.165, 1.54) is 0 Å². The van der Waals surface area contributed by atoms with Crippen molar-refractivity contribution in [1.29, 1.82) is 0 Å². The van der Waals surface area contributed by atoms with Crippen LogP contribution in [0, 0.1) is 12.8 Å². The Bertz CT molecular complexity index is 716. The average molecular weight is 286 g/mol. The lowest BCUT2D eigenvalue weighted by atomic mass is 10.1. The maximum Gasteiger partial charge on any atom is 0.253 e. The average Bonchev–Trinajstić information content (AvgIpc) is 2.44. The first-order valence-electron chi connectivity index (χ1n) is 7.33. The predicted octanol–water partition coefficient (Wildman–Crippen LogP) is 2.84. The Kier molecular flexibility index (Phi) is 4.46. The molecular weight excluding hydrogens is 264 g/mol. The highest BCUT2D eigenvalue weighted by Gasteiger charge is 2.17. The van der Waals surface area contributed by atoms with E-state index in [1.54, 1.807) is 4.90 Å². The Morgan fingerprint density at radius 2 is 2.00 bits per heavy atom. The fraction of sp³-hybridized carbons (Fsp3) is 0.412. The summed E-state index contributed by atoms with van der Waals surface area (Å²) < 4.78 is 0. The zero-order chi connectivity index (χ0) is 15.6. The van der Waals surface area contributed by atoms with Crippen molar-refractivity contribution in [3.05, 3.63) is 45.7 Å². The highest BCUT2D eigenvalue weighted by atomic mass is 16.2. The summed E-state index contributed by atoms with van der Waals surface area (Å²) >= 11 is 0. The second-order valence-electron chi connectivity index (χ2n) is 5.72. The van der Waals surface area contributed by atoms with E-state index >= 15 is 0 Å². The number of hydrogen-bond donors (Lipinski definition) is 1. The largest absolute Gasteiger partial charge is 0.338 e. The van der Waals surface area contributed by atoms with Crippen LogP contribution in [0.5, 0.6) is 0 Å². The molecule has 1 heterocycles. The lowest BCUT2D eigenvalue weighted by Crippen LogP contribution is -2.35. The van der Waals surface area contributed by atoms with Crippen molar-refractivity contribution in [3.63, 3.8) is 0 Å². The van der Waals surface area contributed by atoms with E-state index in [1.807, 2.05) is 52.0 Å². The standard InChI is InChI=1S/C17H22N2O2/c1-5-19(17(21)11(2)3)10-14-9-13-7-6-12(4)8-15(13)18-16(14)20/h6-9,11H,5,10H2,1-4H3,(H,18,20). The third-order valence-corrected chi connectivity index (χ3v) is 3.63. The van der Waals surface area contributed by atoms with Crippen LogP contribution in [0.4, 0.5) is 0 Å². The van der Waals surface area contributed by atoms with Crippen LogP contribution >= 0.6 is 0 Å². The van der Waals surface area contributed by atoms with Crippen molar-refractivity contribution in [2.75, 3.05) is 6.54 Å². The number of aryl methyl sites for hydroxylation is 1. The van der Waals surface area contributed by atoms with Crippen molar-refractivity contribution in [3.8, 4) is 0 Å². The monoisotopic (exact) mass is 286 g/mol. The number of H-pyrrole nitrogens is 1. The molecule has 0 aliphatic carbocycles. The Labute approximate surface area is 124 Å². The van der Waals surface area contributed by atoms with Gasteiger partial charge in [0.15, 0.2) is 0 Å². The summed E-state index contributed by atoms with van der Waals surface area (Å²) in [6.07, 6.45) is 0. The van der Waals surface area contributed by atoms with Crippen LogP contribution in [0.1, 0.15) is 31.9 Å². The lowest BCUT2D eigenvalue weighted by molar-refractivity contribution is -0.134.